The van der Waals surface area contributed by atoms with Crippen LogP contribution in [0.4, 0.5) is 0 Å². The molecule has 0 aromatic heterocycles. The molecule has 0 radical (unpaired) electrons. The number of carbonyl (C=O) groups is 3. The molecule has 1 atom stereocenters. The molecule has 0 N–H and O–H groups in total. The Morgan fingerprint density at radius 1 is 0.269 bits per heavy atom. The number of carbonyl (C=O) groups excluding carboxylic acids is 3. The zero-order chi connectivity index (χ0) is 56.4. The molecular weight excluding hydrogens is 961 g/mol. The van der Waals surface area contributed by atoms with Gasteiger partial charge < -0.3 is 14.2 Å². The smallest absolute Gasteiger partial charge is 0.306 e. The number of rotatable bonds is 61. The van der Waals surface area contributed by atoms with Crippen molar-refractivity contribution in [3.8, 4) is 0 Å². The molecule has 6 nitrogen and oxygen atoms in total. The van der Waals surface area contributed by atoms with Gasteiger partial charge in [0.1, 0.15) is 13.2 Å². The van der Waals surface area contributed by atoms with Crippen LogP contribution in [-0.2, 0) is 28.6 Å². The maximum absolute atomic E-state index is 12.9. The Labute approximate surface area is 484 Å². The third-order valence-electron chi connectivity index (χ3n) is 14.6. The topological polar surface area (TPSA) is 78.9 Å². The van der Waals surface area contributed by atoms with Gasteiger partial charge in [0.15, 0.2) is 6.10 Å². The predicted molar refractivity (Wildman–Crippen MR) is 339 cm³/mol. The number of hydrogen-bond donors (Lipinski definition) is 0. The van der Waals surface area contributed by atoms with E-state index in [4.69, 9.17) is 14.2 Å². The van der Waals surface area contributed by atoms with Gasteiger partial charge in [0.2, 0.25) is 0 Å². The molecule has 6 heteroatoms. The highest BCUT2D eigenvalue weighted by molar-refractivity contribution is 5.71. The van der Waals surface area contributed by atoms with Crippen LogP contribution in [-0.4, -0.2) is 37.2 Å². The first-order chi connectivity index (χ1) is 38.5. The Balaban J connectivity index is 4.37. The van der Waals surface area contributed by atoms with E-state index in [1.807, 2.05) is 0 Å². The summed E-state index contributed by atoms with van der Waals surface area (Å²) < 4.78 is 17.0. The van der Waals surface area contributed by atoms with E-state index in [0.717, 1.165) is 103 Å². The number of esters is 3. The predicted octanol–water partition coefficient (Wildman–Crippen LogP) is 23.1. The average Bonchev–Trinajstić information content (AvgIpc) is 3.44. The van der Waals surface area contributed by atoms with Crippen LogP contribution in [0.25, 0.3) is 0 Å². The first-order valence-electron chi connectivity index (χ1n) is 33.6. The van der Waals surface area contributed by atoms with Gasteiger partial charge in [-0.05, 0) is 116 Å². The lowest BCUT2D eigenvalue weighted by Gasteiger charge is -2.18. The first kappa shape index (κ1) is 74.6. The molecule has 0 saturated carbocycles. The number of ether oxygens (including phenoxy) is 3. The molecule has 0 amide bonds. The molecule has 0 spiro atoms. The Hall–Kier alpha value is -3.41. The van der Waals surface area contributed by atoms with E-state index in [1.165, 1.54) is 193 Å². The van der Waals surface area contributed by atoms with Gasteiger partial charge in [-0.2, -0.15) is 0 Å². The quantitative estimate of drug-likeness (QED) is 0.0261. The SMILES string of the molecule is CC/C=C\C/C=C\C/C=C\C/C=C\CCCCCCCCCCCCC(=O)OCC(COC(=O)CCCCCCC/C=C\C/C=C\CCCCCC)OC(=O)CCCCCCCCCCC/C=C\CCCCCCCCCC. The highest BCUT2D eigenvalue weighted by Crippen LogP contribution is 2.16. The van der Waals surface area contributed by atoms with Crippen molar-refractivity contribution in [2.45, 2.75) is 341 Å². The summed E-state index contributed by atoms with van der Waals surface area (Å²) in [5.41, 5.74) is 0. The Morgan fingerprint density at radius 3 is 0.808 bits per heavy atom. The molecule has 0 rings (SSSR count). The van der Waals surface area contributed by atoms with Gasteiger partial charge in [0, 0.05) is 19.3 Å². The largest absolute Gasteiger partial charge is 0.462 e. The van der Waals surface area contributed by atoms with Crippen molar-refractivity contribution in [1.82, 2.24) is 0 Å². The summed E-state index contributed by atoms with van der Waals surface area (Å²) >= 11 is 0. The molecule has 0 aliphatic carbocycles. The molecule has 1 unspecified atom stereocenters. The lowest BCUT2D eigenvalue weighted by molar-refractivity contribution is -0.167. The van der Waals surface area contributed by atoms with Gasteiger partial charge >= 0.3 is 17.9 Å². The van der Waals surface area contributed by atoms with Crippen molar-refractivity contribution in [2.24, 2.45) is 0 Å². The minimum atomic E-state index is -0.787. The van der Waals surface area contributed by atoms with E-state index in [9.17, 15) is 14.4 Å². The van der Waals surface area contributed by atoms with Crippen LogP contribution < -0.4 is 0 Å². The molecule has 78 heavy (non-hydrogen) atoms. The van der Waals surface area contributed by atoms with Crippen LogP contribution in [0.2, 0.25) is 0 Å². The summed E-state index contributed by atoms with van der Waals surface area (Å²) in [7, 11) is 0. The summed E-state index contributed by atoms with van der Waals surface area (Å²) in [6.45, 7) is 6.53. The van der Waals surface area contributed by atoms with E-state index in [-0.39, 0.29) is 31.1 Å². The van der Waals surface area contributed by atoms with Crippen molar-refractivity contribution in [3.63, 3.8) is 0 Å². The summed E-state index contributed by atoms with van der Waals surface area (Å²) in [6.07, 6.45) is 87.3. The zero-order valence-electron chi connectivity index (χ0n) is 51.7. The van der Waals surface area contributed by atoms with Crippen molar-refractivity contribution >= 4 is 17.9 Å². The Kier molecular flexibility index (Phi) is 63.2. The van der Waals surface area contributed by atoms with Gasteiger partial charge in [0.25, 0.3) is 0 Å². The second-order valence-corrected chi connectivity index (χ2v) is 22.3. The number of unbranched alkanes of at least 4 members (excludes halogenated alkanes) is 36. The molecule has 0 aliphatic rings. The van der Waals surface area contributed by atoms with Gasteiger partial charge in [-0.3, -0.25) is 14.4 Å². The first-order valence-corrected chi connectivity index (χ1v) is 33.6. The molecule has 0 heterocycles. The summed E-state index contributed by atoms with van der Waals surface area (Å²) in [6, 6.07) is 0. The van der Waals surface area contributed by atoms with Crippen LogP contribution in [0.1, 0.15) is 335 Å². The molecule has 0 saturated heterocycles. The van der Waals surface area contributed by atoms with Gasteiger partial charge in [0.05, 0.1) is 0 Å². The van der Waals surface area contributed by atoms with Gasteiger partial charge in [-0.1, -0.05) is 286 Å². The second kappa shape index (κ2) is 66.1. The highest BCUT2D eigenvalue weighted by atomic mass is 16.6. The van der Waals surface area contributed by atoms with Gasteiger partial charge in [-0.25, -0.2) is 0 Å². The molecule has 0 fully saturated rings. The van der Waals surface area contributed by atoms with Crippen molar-refractivity contribution in [1.29, 1.82) is 0 Å². The normalized spacial score (nSPS) is 12.6. The second-order valence-electron chi connectivity index (χ2n) is 22.3. The standard InChI is InChI=1S/C72H126O6/c1-4-7-10-13-16-19-22-25-28-31-33-35-36-38-39-41-44-47-50-53-56-59-62-65-71(74)77-68-69(67-76-70(73)64-61-58-55-52-49-46-43-30-27-24-21-18-15-12-9-6-3)78-72(75)66-63-60-57-54-51-48-45-42-40-37-34-32-29-26-23-20-17-14-11-8-5-2/h7,10,16,19,21,24-25,28,30,32-35,43,69H,4-6,8-9,11-15,17-18,20,22-23,26-27,29,31,36-42,44-68H2,1-3H3/b10-7-,19-16-,24-21-,28-25-,34-32-,35-33-,43-30-. The fourth-order valence-electron chi connectivity index (χ4n) is 9.58. The summed E-state index contributed by atoms with van der Waals surface area (Å²) in [5.74, 6) is -0.887. The van der Waals surface area contributed by atoms with Gasteiger partial charge in [-0.15, -0.1) is 0 Å². The molecule has 0 bridgehead atoms. The number of allylic oxidation sites excluding steroid dienone is 14. The van der Waals surface area contributed by atoms with E-state index in [1.54, 1.807) is 0 Å². The number of hydrogen-bond acceptors (Lipinski definition) is 6. The zero-order valence-corrected chi connectivity index (χ0v) is 51.7. The summed E-state index contributed by atoms with van der Waals surface area (Å²) in [5, 5.41) is 0. The van der Waals surface area contributed by atoms with Crippen molar-refractivity contribution in [2.75, 3.05) is 13.2 Å². The molecule has 0 aromatic rings. The minimum absolute atomic E-state index is 0.0827. The monoisotopic (exact) mass is 1090 g/mol. The Morgan fingerprint density at radius 2 is 0.500 bits per heavy atom. The minimum Gasteiger partial charge on any atom is -0.462 e. The average molecular weight is 1090 g/mol. The molecule has 450 valence electrons. The maximum atomic E-state index is 12.9. The van der Waals surface area contributed by atoms with E-state index in [0.29, 0.717) is 19.3 Å². The van der Waals surface area contributed by atoms with E-state index >= 15 is 0 Å². The molecule has 0 aromatic carbocycles. The van der Waals surface area contributed by atoms with Crippen LogP contribution in [0.3, 0.4) is 0 Å². The maximum Gasteiger partial charge on any atom is 0.306 e. The fraction of sp³-hybridized carbons (Fsp3) is 0.764. The van der Waals surface area contributed by atoms with Crippen LogP contribution in [0.5, 0.6) is 0 Å². The van der Waals surface area contributed by atoms with E-state index < -0.39 is 6.10 Å². The molecular formula is C72H126O6. The van der Waals surface area contributed by atoms with Crippen molar-refractivity contribution < 1.29 is 28.6 Å². The highest BCUT2D eigenvalue weighted by Gasteiger charge is 2.19. The molecule has 0 aliphatic heterocycles. The Bertz CT molecular complexity index is 1480. The lowest BCUT2D eigenvalue weighted by atomic mass is 10.0. The van der Waals surface area contributed by atoms with Crippen LogP contribution >= 0.6 is 0 Å². The van der Waals surface area contributed by atoms with Crippen LogP contribution in [0.15, 0.2) is 85.1 Å². The summed E-state index contributed by atoms with van der Waals surface area (Å²) in [4.78, 5) is 38.4. The fourth-order valence-corrected chi connectivity index (χ4v) is 9.58. The lowest BCUT2D eigenvalue weighted by Crippen LogP contribution is -2.30. The third-order valence-corrected chi connectivity index (χ3v) is 14.6. The van der Waals surface area contributed by atoms with E-state index in [2.05, 4.69) is 106 Å². The van der Waals surface area contributed by atoms with Crippen molar-refractivity contribution in [3.05, 3.63) is 85.1 Å². The third kappa shape index (κ3) is 63.4. The van der Waals surface area contributed by atoms with Crippen LogP contribution in [0, 0.1) is 0 Å².